The number of primary amides is 1. The maximum Gasteiger partial charge on any atom is 0.239 e. The maximum atomic E-state index is 11.0. The lowest BCUT2D eigenvalue weighted by Gasteiger charge is -2.17. The monoisotopic (exact) mass is 254 g/mol. The molecule has 0 saturated carbocycles. The summed E-state index contributed by atoms with van der Waals surface area (Å²) in [5.41, 5.74) is 5.86. The molecule has 1 amide bonds. The number of hydrogen-bond donors (Lipinski definition) is 2. The number of amides is 1. The molecule has 3 N–H and O–H groups in total. The van der Waals surface area contributed by atoms with E-state index in [-0.39, 0.29) is 0 Å². The highest BCUT2D eigenvalue weighted by Crippen LogP contribution is 2.39. The van der Waals surface area contributed by atoms with Crippen molar-refractivity contribution in [2.45, 2.75) is 13.0 Å². The van der Waals surface area contributed by atoms with Crippen LogP contribution in [0.5, 0.6) is 17.2 Å². The van der Waals surface area contributed by atoms with E-state index in [0.29, 0.717) is 22.9 Å². The molecule has 0 spiro atoms. The molecule has 1 aromatic carbocycles. The lowest BCUT2D eigenvalue weighted by atomic mass is 10.2. The number of ether oxygens (including phenoxy) is 3. The maximum absolute atomic E-state index is 11.0. The molecule has 0 aliphatic carbocycles. The summed E-state index contributed by atoms with van der Waals surface area (Å²) in [4.78, 5) is 11.0. The molecule has 6 nitrogen and oxygen atoms in total. The number of nitrogens with one attached hydrogen (secondary N) is 1. The zero-order valence-corrected chi connectivity index (χ0v) is 10.9. The molecule has 0 aliphatic rings. The predicted octanol–water partition coefficient (Wildman–Crippen LogP) is 0.998. The smallest absolute Gasteiger partial charge is 0.239 e. The van der Waals surface area contributed by atoms with Crippen molar-refractivity contribution in [3.8, 4) is 17.2 Å². The van der Waals surface area contributed by atoms with Gasteiger partial charge in [0.1, 0.15) is 6.04 Å². The highest BCUT2D eigenvalue weighted by Gasteiger charge is 2.15. The number of benzene rings is 1. The third kappa shape index (κ3) is 2.97. The lowest BCUT2D eigenvalue weighted by Crippen LogP contribution is -2.32. The number of rotatable bonds is 6. The second kappa shape index (κ2) is 6.00. The average molecular weight is 254 g/mol. The molecule has 100 valence electrons. The molecule has 0 aliphatic heterocycles. The van der Waals surface area contributed by atoms with Gasteiger partial charge in [0, 0.05) is 17.8 Å². The van der Waals surface area contributed by atoms with Gasteiger partial charge < -0.3 is 25.3 Å². The Bertz CT molecular complexity index is 409. The van der Waals surface area contributed by atoms with Gasteiger partial charge in [-0.25, -0.2) is 0 Å². The molecule has 0 fully saturated rings. The van der Waals surface area contributed by atoms with Gasteiger partial charge in [-0.15, -0.1) is 0 Å². The van der Waals surface area contributed by atoms with Crippen LogP contribution < -0.4 is 25.3 Å². The SMILES string of the molecule is COc1cc(NC(C)C(N)=O)cc(OC)c1OC. The molecule has 1 unspecified atom stereocenters. The standard InChI is InChI=1S/C12H18N2O4/c1-7(12(13)15)14-8-5-9(16-2)11(18-4)10(6-8)17-3/h5-7,14H,1-4H3,(H2,13,15). The first-order valence-electron chi connectivity index (χ1n) is 5.39. The lowest BCUT2D eigenvalue weighted by molar-refractivity contribution is -0.118. The summed E-state index contributed by atoms with van der Waals surface area (Å²) in [5, 5.41) is 2.95. The van der Waals surface area contributed by atoms with Crippen LogP contribution in [0.4, 0.5) is 5.69 Å². The number of carbonyl (C=O) groups excluding carboxylic acids is 1. The summed E-state index contributed by atoms with van der Waals surface area (Å²) in [7, 11) is 4.58. The van der Waals surface area contributed by atoms with Crippen molar-refractivity contribution in [3.63, 3.8) is 0 Å². The molecular weight excluding hydrogens is 236 g/mol. The molecule has 1 rings (SSSR count). The van der Waals surface area contributed by atoms with Crippen LogP contribution in [-0.2, 0) is 4.79 Å². The zero-order chi connectivity index (χ0) is 13.7. The van der Waals surface area contributed by atoms with Crippen molar-refractivity contribution < 1.29 is 19.0 Å². The third-order valence-corrected chi connectivity index (χ3v) is 2.47. The second-order valence-corrected chi connectivity index (χ2v) is 3.68. The molecule has 1 aromatic rings. The Kier molecular flexibility index (Phi) is 4.65. The quantitative estimate of drug-likeness (QED) is 0.791. The van der Waals surface area contributed by atoms with Gasteiger partial charge in [0.05, 0.1) is 21.3 Å². The molecule has 0 saturated heterocycles. The van der Waals surface area contributed by atoms with Crippen molar-refractivity contribution in [1.29, 1.82) is 0 Å². The number of hydrogen-bond acceptors (Lipinski definition) is 5. The van der Waals surface area contributed by atoms with Crippen LogP contribution in [0.25, 0.3) is 0 Å². The fourth-order valence-corrected chi connectivity index (χ4v) is 1.49. The van der Waals surface area contributed by atoms with Gasteiger partial charge in [0.25, 0.3) is 0 Å². The van der Waals surface area contributed by atoms with Crippen LogP contribution in [0.2, 0.25) is 0 Å². The van der Waals surface area contributed by atoms with Crippen molar-refractivity contribution in [3.05, 3.63) is 12.1 Å². The van der Waals surface area contributed by atoms with E-state index in [1.165, 1.54) is 21.3 Å². The summed E-state index contributed by atoms with van der Waals surface area (Å²) in [6.45, 7) is 1.67. The fraction of sp³-hybridized carbons (Fsp3) is 0.417. The molecule has 0 aromatic heterocycles. The topological polar surface area (TPSA) is 82.8 Å². The van der Waals surface area contributed by atoms with E-state index in [1.54, 1.807) is 19.1 Å². The minimum Gasteiger partial charge on any atom is -0.493 e. The van der Waals surface area contributed by atoms with Gasteiger partial charge in [0.2, 0.25) is 11.7 Å². The van der Waals surface area contributed by atoms with Gasteiger partial charge in [-0.1, -0.05) is 0 Å². The van der Waals surface area contributed by atoms with Crippen molar-refractivity contribution >= 4 is 11.6 Å². The summed E-state index contributed by atoms with van der Waals surface area (Å²) >= 11 is 0. The van der Waals surface area contributed by atoms with E-state index in [4.69, 9.17) is 19.9 Å². The van der Waals surface area contributed by atoms with Crippen LogP contribution >= 0.6 is 0 Å². The Balaban J connectivity index is 3.11. The Morgan fingerprint density at radius 2 is 1.67 bits per heavy atom. The van der Waals surface area contributed by atoms with Gasteiger partial charge in [-0.05, 0) is 6.92 Å². The normalized spacial score (nSPS) is 11.6. The summed E-state index contributed by atoms with van der Waals surface area (Å²) in [5.74, 6) is 1.08. The van der Waals surface area contributed by atoms with Crippen molar-refractivity contribution in [1.82, 2.24) is 0 Å². The van der Waals surface area contributed by atoms with Crippen LogP contribution in [0, 0.1) is 0 Å². The Hall–Kier alpha value is -2.11. The molecule has 0 heterocycles. The van der Waals surface area contributed by atoms with Crippen LogP contribution in [0.15, 0.2) is 12.1 Å². The van der Waals surface area contributed by atoms with Crippen LogP contribution in [0.1, 0.15) is 6.92 Å². The van der Waals surface area contributed by atoms with E-state index >= 15 is 0 Å². The second-order valence-electron chi connectivity index (χ2n) is 3.68. The Morgan fingerprint density at radius 3 is 2.00 bits per heavy atom. The Labute approximate surface area is 106 Å². The first-order chi connectivity index (χ1) is 8.53. The van der Waals surface area contributed by atoms with E-state index < -0.39 is 11.9 Å². The van der Waals surface area contributed by atoms with E-state index in [0.717, 1.165) is 0 Å². The highest BCUT2D eigenvalue weighted by atomic mass is 16.5. The Morgan fingerprint density at radius 1 is 1.17 bits per heavy atom. The van der Waals surface area contributed by atoms with Gasteiger partial charge in [0.15, 0.2) is 11.5 Å². The van der Waals surface area contributed by atoms with Crippen molar-refractivity contribution in [2.75, 3.05) is 26.6 Å². The largest absolute Gasteiger partial charge is 0.493 e. The molecular formula is C12H18N2O4. The number of nitrogens with two attached hydrogens (primary N) is 1. The summed E-state index contributed by atoms with van der Waals surface area (Å²) in [6, 6.07) is 2.93. The molecule has 0 bridgehead atoms. The van der Waals surface area contributed by atoms with Gasteiger partial charge in [-0.3, -0.25) is 4.79 Å². The third-order valence-electron chi connectivity index (χ3n) is 2.47. The van der Waals surface area contributed by atoms with Gasteiger partial charge >= 0.3 is 0 Å². The minimum absolute atomic E-state index is 0.441. The minimum atomic E-state index is -0.493. The number of anilines is 1. The summed E-state index contributed by atoms with van der Waals surface area (Å²) < 4.78 is 15.6. The fourth-order valence-electron chi connectivity index (χ4n) is 1.49. The van der Waals surface area contributed by atoms with E-state index in [2.05, 4.69) is 5.32 Å². The van der Waals surface area contributed by atoms with E-state index in [1.807, 2.05) is 0 Å². The van der Waals surface area contributed by atoms with Crippen LogP contribution in [-0.4, -0.2) is 33.3 Å². The summed E-state index contributed by atoms with van der Waals surface area (Å²) in [6.07, 6.45) is 0. The van der Waals surface area contributed by atoms with Crippen LogP contribution in [0.3, 0.4) is 0 Å². The zero-order valence-electron chi connectivity index (χ0n) is 10.9. The molecule has 6 heteroatoms. The average Bonchev–Trinajstić information content (AvgIpc) is 2.37. The molecule has 1 atom stereocenters. The highest BCUT2D eigenvalue weighted by molar-refractivity contribution is 5.82. The first-order valence-corrected chi connectivity index (χ1v) is 5.39. The first kappa shape index (κ1) is 14.0. The number of methoxy groups -OCH3 is 3. The molecule has 0 radical (unpaired) electrons. The van der Waals surface area contributed by atoms with E-state index in [9.17, 15) is 4.79 Å². The van der Waals surface area contributed by atoms with Gasteiger partial charge in [-0.2, -0.15) is 0 Å². The van der Waals surface area contributed by atoms with Crippen molar-refractivity contribution in [2.24, 2.45) is 5.73 Å². The molecule has 18 heavy (non-hydrogen) atoms. The predicted molar refractivity (Wildman–Crippen MR) is 68.4 cm³/mol. The number of carbonyl (C=O) groups is 1.